The van der Waals surface area contributed by atoms with Gasteiger partial charge in [-0.25, -0.2) is 0 Å². The molecule has 47 heavy (non-hydrogen) atoms. The van der Waals surface area contributed by atoms with Gasteiger partial charge < -0.3 is 13.5 Å². The first-order valence-electron chi connectivity index (χ1n) is 16.2. The zero-order valence-electron chi connectivity index (χ0n) is 25.4. The van der Waals surface area contributed by atoms with E-state index >= 15 is 0 Å². The molecule has 6 aromatic carbocycles. The fourth-order valence-corrected chi connectivity index (χ4v) is 8.22. The summed E-state index contributed by atoms with van der Waals surface area (Å²) in [6.07, 6.45) is 0. The number of rotatable bonds is 3. The van der Waals surface area contributed by atoms with E-state index in [1.54, 1.807) is 0 Å². The molecule has 0 saturated carbocycles. The highest BCUT2D eigenvalue weighted by molar-refractivity contribution is 6.29. The molecule has 0 radical (unpaired) electrons. The van der Waals surface area contributed by atoms with Crippen molar-refractivity contribution in [2.24, 2.45) is 0 Å². The first kappa shape index (κ1) is 24.9. The Bertz CT molecular complexity index is 2930. The molecule has 218 valence electrons. The lowest BCUT2D eigenvalue weighted by Crippen LogP contribution is -1.95. The van der Waals surface area contributed by atoms with Gasteiger partial charge in [-0.2, -0.15) is 0 Å². The quantitative estimate of drug-likeness (QED) is 0.192. The molecule has 3 nitrogen and oxygen atoms in total. The molecule has 0 N–H and O–H groups in total. The van der Waals surface area contributed by atoms with Crippen molar-refractivity contribution in [3.63, 3.8) is 0 Å². The van der Waals surface area contributed by atoms with E-state index in [9.17, 15) is 0 Å². The molecule has 0 fully saturated rings. The minimum atomic E-state index is 1.17. The van der Waals surface area contributed by atoms with Crippen LogP contribution in [0.1, 0.15) is 0 Å². The fourth-order valence-electron chi connectivity index (χ4n) is 8.22. The zero-order valence-corrected chi connectivity index (χ0v) is 25.4. The summed E-state index contributed by atoms with van der Waals surface area (Å²) < 4.78 is 7.30. The number of benzene rings is 6. The molecule has 0 unspecified atom stereocenters. The molecule has 11 aromatic rings. The van der Waals surface area contributed by atoms with Crippen molar-refractivity contribution in [1.29, 1.82) is 0 Å². The van der Waals surface area contributed by atoms with Crippen molar-refractivity contribution in [3.05, 3.63) is 164 Å². The average Bonchev–Trinajstić information content (AvgIpc) is 3.86. The summed E-state index contributed by atoms with van der Waals surface area (Å²) in [4.78, 5) is 0. The molecular formula is C44H27N3. The van der Waals surface area contributed by atoms with Crippen molar-refractivity contribution >= 4 is 70.9 Å². The van der Waals surface area contributed by atoms with Crippen molar-refractivity contribution in [3.8, 4) is 22.5 Å². The first-order valence-corrected chi connectivity index (χ1v) is 16.2. The normalized spacial score (nSPS) is 12.3. The monoisotopic (exact) mass is 597 g/mol. The van der Waals surface area contributed by atoms with Crippen LogP contribution in [0.25, 0.3) is 93.4 Å². The Hall–Kier alpha value is -6.32. The van der Waals surface area contributed by atoms with Crippen LogP contribution in [0.3, 0.4) is 0 Å². The van der Waals surface area contributed by atoms with Gasteiger partial charge in [0.25, 0.3) is 0 Å². The van der Waals surface area contributed by atoms with Gasteiger partial charge in [-0.15, -0.1) is 0 Å². The largest absolute Gasteiger partial charge is 0.309 e. The highest BCUT2D eigenvalue weighted by Gasteiger charge is 2.23. The van der Waals surface area contributed by atoms with Crippen LogP contribution in [0.2, 0.25) is 0 Å². The Balaban J connectivity index is 1.07. The van der Waals surface area contributed by atoms with Crippen molar-refractivity contribution < 1.29 is 0 Å². The summed E-state index contributed by atoms with van der Waals surface area (Å²) in [6, 6.07) is 59.8. The van der Waals surface area contributed by atoms with Crippen LogP contribution in [-0.2, 0) is 0 Å². The second-order valence-corrected chi connectivity index (χ2v) is 12.6. The van der Waals surface area contributed by atoms with Crippen LogP contribution >= 0.6 is 0 Å². The second-order valence-electron chi connectivity index (χ2n) is 12.6. The second kappa shape index (κ2) is 9.12. The van der Waals surface area contributed by atoms with E-state index < -0.39 is 0 Å². The predicted molar refractivity (Wildman–Crippen MR) is 198 cm³/mol. The third-order valence-corrected chi connectivity index (χ3v) is 10.2. The molecule has 0 aliphatic carbocycles. The van der Waals surface area contributed by atoms with Crippen molar-refractivity contribution in [2.75, 3.05) is 0 Å². The van der Waals surface area contributed by atoms with Gasteiger partial charge in [0.15, 0.2) is 0 Å². The van der Waals surface area contributed by atoms with Crippen LogP contribution in [0.15, 0.2) is 164 Å². The Morgan fingerprint density at radius 2 is 0.702 bits per heavy atom. The van der Waals surface area contributed by atoms with Crippen LogP contribution in [0.4, 0.5) is 0 Å². The van der Waals surface area contributed by atoms with Crippen LogP contribution in [-0.4, -0.2) is 13.5 Å². The average molecular weight is 598 g/mol. The lowest BCUT2D eigenvalue weighted by molar-refractivity contribution is 1.18. The summed E-state index contributed by atoms with van der Waals surface area (Å²) in [6.45, 7) is 0. The standard InChI is InChI=1S/C44H27N3/c1-2-13-35-34(12-1)39-18-9-19-41-42-36-14-5-8-17-40(36)46(44(42)43(35)47(39)41)31-26-22-29(23-27-31)28-20-24-30(25-21-28)45-37-15-6-3-10-32(37)33-11-4-7-16-38(33)45/h1-27H. The minimum Gasteiger partial charge on any atom is -0.309 e. The molecule has 0 spiro atoms. The zero-order chi connectivity index (χ0) is 30.6. The van der Waals surface area contributed by atoms with Crippen molar-refractivity contribution in [1.82, 2.24) is 13.5 Å². The Morgan fingerprint density at radius 1 is 0.277 bits per heavy atom. The van der Waals surface area contributed by atoms with E-state index in [4.69, 9.17) is 0 Å². The summed E-state index contributed by atoms with van der Waals surface area (Å²) in [5, 5.41) is 7.76. The van der Waals surface area contributed by atoms with E-state index in [1.807, 2.05) is 0 Å². The lowest BCUT2D eigenvalue weighted by atomic mass is 10.0. The van der Waals surface area contributed by atoms with E-state index in [1.165, 1.54) is 93.4 Å². The lowest BCUT2D eigenvalue weighted by Gasteiger charge is -2.11. The van der Waals surface area contributed by atoms with E-state index in [-0.39, 0.29) is 0 Å². The number of hydrogen-bond acceptors (Lipinski definition) is 0. The number of fused-ring (bicyclic) bond motifs is 11. The summed E-state index contributed by atoms with van der Waals surface area (Å²) in [5.41, 5.74) is 13.5. The third kappa shape index (κ3) is 3.25. The number of pyridine rings is 1. The van der Waals surface area contributed by atoms with Gasteiger partial charge >= 0.3 is 0 Å². The molecule has 0 bridgehead atoms. The fraction of sp³-hybridized carbons (Fsp3) is 0. The molecule has 0 aliphatic heterocycles. The SMILES string of the molecule is c1ccc2c(c1)c1ccccc1n2-c1ccc(-c2ccc(-n3c4ccccc4c4c3c3c5ccccc5c5cccc4n53)cc2)cc1. The number of aromatic nitrogens is 3. The summed E-state index contributed by atoms with van der Waals surface area (Å²) >= 11 is 0. The maximum Gasteiger partial charge on any atom is 0.0810 e. The molecule has 5 heterocycles. The molecule has 11 rings (SSSR count). The van der Waals surface area contributed by atoms with E-state index in [0.717, 1.165) is 0 Å². The number of hydrogen-bond donors (Lipinski definition) is 0. The first-order chi connectivity index (χ1) is 23.3. The Kier molecular flexibility index (Phi) is 4.84. The van der Waals surface area contributed by atoms with E-state index in [2.05, 4.69) is 177 Å². The minimum absolute atomic E-state index is 1.17. The summed E-state index contributed by atoms with van der Waals surface area (Å²) in [7, 11) is 0. The van der Waals surface area contributed by atoms with E-state index in [0.29, 0.717) is 0 Å². The number of nitrogens with zero attached hydrogens (tertiary/aromatic N) is 3. The summed E-state index contributed by atoms with van der Waals surface area (Å²) in [5.74, 6) is 0. The van der Waals surface area contributed by atoms with Gasteiger partial charge in [-0.05, 0) is 65.7 Å². The van der Waals surface area contributed by atoms with Gasteiger partial charge in [0.1, 0.15) is 0 Å². The molecular weight excluding hydrogens is 571 g/mol. The topological polar surface area (TPSA) is 14.3 Å². The Labute approximate surface area is 270 Å². The molecule has 0 saturated heterocycles. The third-order valence-electron chi connectivity index (χ3n) is 10.2. The molecule has 0 aliphatic rings. The van der Waals surface area contributed by atoms with Gasteiger partial charge in [0.2, 0.25) is 0 Å². The van der Waals surface area contributed by atoms with Gasteiger partial charge in [0, 0.05) is 43.7 Å². The Morgan fingerprint density at radius 3 is 1.30 bits per heavy atom. The van der Waals surface area contributed by atoms with Crippen LogP contribution in [0.5, 0.6) is 0 Å². The van der Waals surface area contributed by atoms with Gasteiger partial charge in [0.05, 0.1) is 38.6 Å². The van der Waals surface area contributed by atoms with Crippen LogP contribution < -0.4 is 0 Å². The maximum absolute atomic E-state index is 2.47. The van der Waals surface area contributed by atoms with Crippen LogP contribution in [0, 0.1) is 0 Å². The van der Waals surface area contributed by atoms with Gasteiger partial charge in [-0.3, -0.25) is 0 Å². The molecule has 0 amide bonds. The molecule has 0 atom stereocenters. The molecule has 5 aromatic heterocycles. The highest BCUT2D eigenvalue weighted by atomic mass is 15.0. The highest BCUT2D eigenvalue weighted by Crippen LogP contribution is 2.44. The number of para-hydroxylation sites is 3. The molecule has 3 heteroatoms. The maximum atomic E-state index is 2.47. The predicted octanol–water partition coefficient (Wildman–Crippen LogP) is 11.5. The van der Waals surface area contributed by atoms with Crippen molar-refractivity contribution in [2.45, 2.75) is 0 Å². The van der Waals surface area contributed by atoms with Gasteiger partial charge in [-0.1, -0.05) is 109 Å². The smallest absolute Gasteiger partial charge is 0.0810 e.